The molecule has 0 atom stereocenters. The third-order valence-corrected chi connectivity index (χ3v) is 3.03. The number of anilines is 1. The van der Waals surface area contributed by atoms with E-state index in [2.05, 4.69) is 31.4 Å². The molecule has 0 bridgehead atoms. The van der Waals surface area contributed by atoms with Gasteiger partial charge in [0.05, 0.1) is 12.7 Å². The Hall–Kier alpha value is -2.15. The highest BCUT2D eigenvalue weighted by Crippen LogP contribution is 2.23. The SMILES string of the molecule is COc1ccc(Br)c(C(=O)Nc2ccc(=O)[nH]n2)c1. The van der Waals surface area contributed by atoms with Crippen molar-refractivity contribution in [2.45, 2.75) is 0 Å². The maximum absolute atomic E-state index is 12.1. The van der Waals surface area contributed by atoms with Crippen LogP contribution in [0.1, 0.15) is 10.4 Å². The van der Waals surface area contributed by atoms with Crippen molar-refractivity contribution in [3.8, 4) is 5.75 Å². The molecule has 0 unspecified atom stereocenters. The van der Waals surface area contributed by atoms with E-state index in [0.29, 0.717) is 15.8 Å². The number of amides is 1. The first-order valence-corrected chi connectivity index (χ1v) is 6.10. The van der Waals surface area contributed by atoms with Gasteiger partial charge in [0, 0.05) is 10.5 Å². The molecule has 98 valence electrons. The minimum atomic E-state index is -0.356. The van der Waals surface area contributed by atoms with Crippen molar-refractivity contribution in [1.29, 1.82) is 0 Å². The zero-order valence-electron chi connectivity index (χ0n) is 9.94. The van der Waals surface area contributed by atoms with Crippen LogP contribution < -0.4 is 15.6 Å². The van der Waals surface area contributed by atoms with Crippen molar-refractivity contribution in [2.24, 2.45) is 0 Å². The Labute approximate surface area is 116 Å². The van der Waals surface area contributed by atoms with Crippen LogP contribution in [0.2, 0.25) is 0 Å². The van der Waals surface area contributed by atoms with Crippen molar-refractivity contribution in [3.63, 3.8) is 0 Å². The van der Waals surface area contributed by atoms with E-state index in [0.717, 1.165) is 0 Å². The van der Waals surface area contributed by atoms with Gasteiger partial charge in [-0.2, -0.15) is 5.10 Å². The topological polar surface area (TPSA) is 84.1 Å². The van der Waals surface area contributed by atoms with E-state index < -0.39 is 0 Å². The molecule has 0 saturated heterocycles. The first-order chi connectivity index (χ1) is 9.10. The second kappa shape index (κ2) is 5.66. The standard InChI is InChI=1S/C12H10BrN3O3/c1-19-7-2-3-9(13)8(6-7)12(18)14-10-4-5-11(17)16-15-10/h2-6H,1H3,(H,16,17)(H,14,15,18). The number of aromatic amines is 1. The number of nitrogens with one attached hydrogen (secondary N) is 2. The summed E-state index contributed by atoms with van der Waals surface area (Å²) in [5, 5.41) is 8.51. The summed E-state index contributed by atoms with van der Waals surface area (Å²) in [5.41, 5.74) is 0.0768. The third kappa shape index (κ3) is 3.19. The number of rotatable bonds is 3. The molecule has 1 amide bonds. The lowest BCUT2D eigenvalue weighted by Crippen LogP contribution is -2.16. The fourth-order valence-corrected chi connectivity index (χ4v) is 1.83. The van der Waals surface area contributed by atoms with Crippen LogP contribution in [-0.4, -0.2) is 23.2 Å². The summed E-state index contributed by atoms with van der Waals surface area (Å²) >= 11 is 3.29. The highest BCUT2D eigenvalue weighted by molar-refractivity contribution is 9.10. The molecule has 0 aliphatic rings. The van der Waals surface area contributed by atoms with Crippen LogP contribution in [0.25, 0.3) is 0 Å². The number of methoxy groups -OCH3 is 1. The molecule has 0 radical (unpaired) electrons. The summed E-state index contributed by atoms with van der Waals surface area (Å²) in [6.07, 6.45) is 0. The van der Waals surface area contributed by atoms with Crippen LogP contribution >= 0.6 is 15.9 Å². The average molecular weight is 324 g/mol. The van der Waals surface area contributed by atoms with Crippen LogP contribution in [0.15, 0.2) is 39.6 Å². The van der Waals surface area contributed by atoms with E-state index in [4.69, 9.17) is 4.74 Å². The van der Waals surface area contributed by atoms with Gasteiger partial charge >= 0.3 is 0 Å². The first kappa shape index (κ1) is 13.3. The Kier molecular flexibility index (Phi) is 3.96. The van der Waals surface area contributed by atoms with Gasteiger partial charge in [-0.3, -0.25) is 9.59 Å². The lowest BCUT2D eigenvalue weighted by Gasteiger charge is -2.07. The van der Waals surface area contributed by atoms with Crippen LogP contribution in [0, 0.1) is 0 Å². The lowest BCUT2D eigenvalue weighted by molar-refractivity contribution is 0.102. The maximum atomic E-state index is 12.1. The number of carbonyl (C=O) groups is 1. The summed E-state index contributed by atoms with van der Waals surface area (Å²) in [5.74, 6) is 0.479. The van der Waals surface area contributed by atoms with Crippen LogP contribution in [0.5, 0.6) is 5.75 Å². The fraction of sp³-hybridized carbons (Fsp3) is 0.0833. The van der Waals surface area contributed by atoms with Crippen molar-refractivity contribution < 1.29 is 9.53 Å². The van der Waals surface area contributed by atoms with Gasteiger partial charge in [-0.1, -0.05) is 0 Å². The molecule has 0 fully saturated rings. The maximum Gasteiger partial charge on any atom is 0.264 e. The molecule has 0 saturated carbocycles. The predicted octanol–water partition coefficient (Wildman–Crippen LogP) is 1.79. The number of hydrogen-bond donors (Lipinski definition) is 2. The van der Waals surface area contributed by atoms with Gasteiger partial charge in [0.15, 0.2) is 5.82 Å². The van der Waals surface area contributed by atoms with E-state index in [1.807, 2.05) is 0 Å². The molecule has 1 aromatic heterocycles. The molecule has 19 heavy (non-hydrogen) atoms. The summed E-state index contributed by atoms with van der Waals surface area (Å²) in [6, 6.07) is 7.76. The molecule has 7 heteroatoms. The molecule has 6 nitrogen and oxygen atoms in total. The second-order valence-electron chi connectivity index (χ2n) is 3.61. The van der Waals surface area contributed by atoms with Crippen molar-refractivity contribution in [2.75, 3.05) is 12.4 Å². The van der Waals surface area contributed by atoms with E-state index in [1.165, 1.54) is 19.2 Å². The van der Waals surface area contributed by atoms with E-state index in [-0.39, 0.29) is 17.3 Å². The minimum Gasteiger partial charge on any atom is -0.497 e. The van der Waals surface area contributed by atoms with E-state index in [9.17, 15) is 9.59 Å². The van der Waals surface area contributed by atoms with Gasteiger partial charge in [-0.15, -0.1) is 0 Å². The highest BCUT2D eigenvalue weighted by Gasteiger charge is 2.12. The van der Waals surface area contributed by atoms with Crippen LogP contribution in [-0.2, 0) is 0 Å². The smallest absolute Gasteiger partial charge is 0.264 e. The molecule has 2 rings (SSSR count). The van der Waals surface area contributed by atoms with Crippen LogP contribution in [0.4, 0.5) is 5.82 Å². The summed E-state index contributed by atoms with van der Waals surface area (Å²) < 4.78 is 5.70. The summed E-state index contributed by atoms with van der Waals surface area (Å²) in [4.78, 5) is 22.9. The molecule has 0 aliphatic heterocycles. The summed E-state index contributed by atoms with van der Waals surface area (Å²) in [6.45, 7) is 0. The number of hydrogen-bond acceptors (Lipinski definition) is 4. The molecule has 2 aromatic rings. The third-order valence-electron chi connectivity index (χ3n) is 2.34. The largest absolute Gasteiger partial charge is 0.497 e. The monoisotopic (exact) mass is 323 g/mol. The van der Waals surface area contributed by atoms with Gasteiger partial charge in [0.25, 0.3) is 11.5 Å². The molecular formula is C12H10BrN3O3. The molecule has 0 aliphatic carbocycles. The Morgan fingerprint density at radius 2 is 2.16 bits per heavy atom. The Morgan fingerprint density at radius 1 is 1.37 bits per heavy atom. The number of nitrogens with zero attached hydrogens (tertiary/aromatic N) is 1. The van der Waals surface area contributed by atoms with Gasteiger partial charge in [0.2, 0.25) is 0 Å². The van der Waals surface area contributed by atoms with E-state index in [1.54, 1.807) is 18.2 Å². The number of aromatic nitrogens is 2. The molecule has 2 N–H and O–H groups in total. The zero-order chi connectivity index (χ0) is 13.8. The number of carbonyl (C=O) groups excluding carboxylic acids is 1. The van der Waals surface area contributed by atoms with Gasteiger partial charge in [-0.05, 0) is 40.2 Å². The molecular weight excluding hydrogens is 314 g/mol. The molecule has 1 heterocycles. The fourth-order valence-electron chi connectivity index (χ4n) is 1.40. The Morgan fingerprint density at radius 3 is 2.79 bits per heavy atom. The minimum absolute atomic E-state index is 0.263. The predicted molar refractivity (Wildman–Crippen MR) is 73.5 cm³/mol. The van der Waals surface area contributed by atoms with Gasteiger partial charge < -0.3 is 10.1 Å². The van der Waals surface area contributed by atoms with Gasteiger partial charge in [-0.25, -0.2) is 5.10 Å². The van der Waals surface area contributed by atoms with Gasteiger partial charge in [0.1, 0.15) is 5.75 Å². The molecule has 1 aromatic carbocycles. The first-order valence-electron chi connectivity index (χ1n) is 5.31. The van der Waals surface area contributed by atoms with Crippen LogP contribution in [0.3, 0.4) is 0 Å². The highest BCUT2D eigenvalue weighted by atomic mass is 79.9. The number of benzene rings is 1. The average Bonchev–Trinajstić information content (AvgIpc) is 2.42. The normalized spacial score (nSPS) is 10.0. The van der Waals surface area contributed by atoms with Crippen molar-refractivity contribution in [3.05, 3.63) is 50.7 Å². The second-order valence-corrected chi connectivity index (χ2v) is 4.46. The quantitative estimate of drug-likeness (QED) is 0.902. The lowest BCUT2D eigenvalue weighted by atomic mass is 10.2. The number of H-pyrrole nitrogens is 1. The number of halogens is 1. The van der Waals surface area contributed by atoms with E-state index >= 15 is 0 Å². The van der Waals surface area contributed by atoms with Crippen molar-refractivity contribution >= 4 is 27.7 Å². The zero-order valence-corrected chi connectivity index (χ0v) is 11.5. The van der Waals surface area contributed by atoms with Crippen molar-refractivity contribution in [1.82, 2.24) is 10.2 Å². The Balaban J connectivity index is 2.24. The Bertz CT molecular complexity index is 649. The summed E-state index contributed by atoms with van der Waals surface area (Å²) in [7, 11) is 1.52. The molecule has 0 spiro atoms. The number of ether oxygens (including phenoxy) is 1.